The largest absolute Gasteiger partial charge is 0.456 e. The molecule has 0 spiro atoms. The molecule has 4 heterocycles. The molecule has 0 saturated carbocycles. The lowest BCUT2D eigenvalue weighted by atomic mass is 9.85. The summed E-state index contributed by atoms with van der Waals surface area (Å²) in [6.07, 6.45) is 5.38. The summed E-state index contributed by atoms with van der Waals surface area (Å²) < 4.78 is 13.7. The zero-order chi connectivity index (χ0) is 41.9. The molecule has 13 aromatic rings. The van der Waals surface area contributed by atoms with E-state index < -0.39 is 0 Å². The Morgan fingerprint density at radius 3 is 1.50 bits per heavy atom. The highest BCUT2D eigenvalue weighted by molar-refractivity contribution is 6.13. The molecule has 1 atom stereocenters. The number of benzene rings is 9. The molecule has 0 radical (unpaired) electrons. The number of para-hydroxylation sites is 5. The highest BCUT2D eigenvalue weighted by Crippen LogP contribution is 2.42. The second kappa shape index (κ2) is 13.6. The Bertz CT molecular complexity index is 3950. The van der Waals surface area contributed by atoms with E-state index in [1.807, 2.05) is 0 Å². The first-order valence-electron chi connectivity index (χ1n) is 22.2. The van der Waals surface area contributed by atoms with E-state index >= 15 is 0 Å². The molecule has 14 rings (SSSR count). The molecule has 1 aliphatic carbocycles. The third-order valence-corrected chi connectivity index (χ3v) is 13.8. The minimum Gasteiger partial charge on any atom is -0.456 e. The lowest BCUT2D eigenvalue weighted by Crippen LogP contribution is -2.04. The number of furan rings is 1. The molecule has 0 amide bonds. The topological polar surface area (TPSA) is 27.9 Å². The second-order valence-corrected chi connectivity index (χ2v) is 17.3. The monoisotopic (exact) mass is 817 g/mol. The first-order chi connectivity index (χ1) is 31.7. The van der Waals surface area contributed by atoms with Crippen molar-refractivity contribution in [3.8, 4) is 28.2 Å². The third-order valence-electron chi connectivity index (χ3n) is 13.8. The van der Waals surface area contributed by atoms with E-state index in [9.17, 15) is 0 Å². The average Bonchev–Trinajstić information content (AvgIpc) is 4.10. The number of nitrogens with zero attached hydrogens (tertiary/aromatic N) is 3. The quantitative estimate of drug-likeness (QED) is 0.170. The van der Waals surface area contributed by atoms with Crippen LogP contribution in [0.2, 0.25) is 0 Å². The fraction of sp³-hybridized carbons (Fsp3) is 0.0333. The standard InChI is InChI=1S/C60H39N3O/c1-2-15-42(16-3-1)61-57-29-25-40(34-49(57)50-36-43(27-30-58(50)61)62-53-21-8-4-17-45(53)46-18-5-9-22-54(46)62)38-13-12-14-39(33-38)41-26-31-59-51(35-41)52-37-44(28-32-60(52)64-59)63-55-23-10-6-19-47(55)48-20-7-11-24-56(48)63/h1-34,36-37,41H,35H2. The molecule has 0 bridgehead atoms. The van der Waals surface area contributed by atoms with Gasteiger partial charge in [-0.15, -0.1) is 0 Å². The van der Waals surface area contributed by atoms with Crippen molar-refractivity contribution in [3.05, 3.63) is 229 Å². The van der Waals surface area contributed by atoms with Crippen LogP contribution < -0.4 is 0 Å². The van der Waals surface area contributed by atoms with Crippen molar-refractivity contribution >= 4 is 82.5 Å². The molecule has 4 heteroatoms. The highest BCUT2D eigenvalue weighted by Gasteiger charge is 2.24. The van der Waals surface area contributed by atoms with Gasteiger partial charge in [0.2, 0.25) is 0 Å². The number of fused-ring (bicyclic) bond motifs is 12. The maximum Gasteiger partial charge on any atom is 0.135 e. The van der Waals surface area contributed by atoms with Crippen LogP contribution in [0.15, 0.2) is 217 Å². The van der Waals surface area contributed by atoms with Crippen molar-refractivity contribution in [1.29, 1.82) is 0 Å². The van der Waals surface area contributed by atoms with Gasteiger partial charge < -0.3 is 18.1 Å². The summed E-state index contributed by atoms with van der Waals surface area (Å²) in [5.41, 5.74) is 16.6. The van der Waals surface area contributed by atoms with Crippen molar-refractivity contribution in [2.45, 2.75) is 12.3 Å². The van der Waals surface area contributed by atoms with Crippen LogP contribution in [0.1, 0.15) is 22.8 Å². The first-order valence-corrected chi connectivity index (χ1v) is 22.2. The highest BCUT2D eigenvalue weighted by atomic mass is 16.3. The van der Waals surface area contributed by atoms with Crippen LogP contribution in [0.25, 0.3) is 111 Å². The van der Waals surface area contributed by atoms with Crippen molar-refractivity contribution in [2.75, 3.05) is 0 Å². The van der Waals surface area contributed by atoms with Gasteiger partial charge in [-0.05, 0) is 114 Å². The van der Waals surface area contributed by atoms with Crippen molar-refractivity contribution in [3.63, 3.8) is 0 Å². The number of allylic oxidation sites excluding steroid dienone is 1. The summed E-state index contributed by atoms with van der Waals surface area (Å²) in [6.45, 7) is 0. The molecule has 9 aromatic carbocycles. The van der Waals surface area contributed by atoms with Gasteiger partial charge in [0.25, 0.3) is 0 Å². The van der Waals surface area contributed by atoms with Gasteiger partial charge in [0.1, 0.15) is 11.3 Å². The molecule has 1 unspecified atom stereocenters. The number of hydrogen-bond acceptors (Lipinski definition) is 1. The molecular formula is C60H39N3O. The summed E-state index contributed by atoms with van der Waals surface area (Å²) >= 11 is 0. The zero-order valence-electron chi connectivity index (χ0n) is 34.8. The summed E-state index contributed by atoms with van der Waals surface area (Å²) in [4.78, 5) is 0. The SMILES string of the molecule is C1=CC(c2cccc(-c3ccc4c(c3)c3cc(-n5c6ccccc6c6ccccc65)ccc3n4-c3ccccc3)c2)Cc2c1oc1ccc(-n3c4ccccc4c4ccccc43)cc21. The predicted molar refractivity (Wildman–Crippen MR) is 267 cm³/mol. The van der Waals surface area contributed by atoms with Crippen molar-refractivity contribution in [1.82, 2.24) is 13.7 Å². The van der Waals surface area contributed by atoms with Crippen LogP contribution in [-0.2, 0) is 6.42 Å². The van der Waals surface area contributed by atoms with E-state index in [1.54, 1.807) is 0 Å². The van der Waals surface area contributed by atoms with E-state index in [0.29, 0.717) is 0 Å². The smallest absolute Gasteiger partial charge is 0.135 e. The maximum absolute atomic E-state index is 6.50. The van der Waals surface area contributed by atoms with Gasteiger partial charge in [0, 0.05) is 66.2 Å². The van der Waals surface area contributed by atoms with Crippen molar-refractivity contribution < 1.29 is 4.42 Å². The molecule has 0 aliphatic heterocycles. The molecule has 1 aliphatic rings. The molecule has 4 aromatic heterocycles. The van der Waals surface area contributed by atoms with Gasteiger partial charge in [0.05, 0.1) is 33.1 Å². The van der Waals surface area contributed by atoms with Crippen LogP contribution >= 0.6 is 0 Å². The van der Waals surface area contributed by atoms with E-state index in [2.05, 4.69) is 232 Å². The van der Waals surface area contributed by atoms with Crippen molar-refractivity contribution in [2.24, 2.45) is 0 Å². The van der Waals surface area contributed by atoms with E-state index in [1.165, 1.54) is 93.1 Å². The Balaban J connectivity index is 0.869. The fourth-order valence-electron chi connectivity index (χ4n) is 10.9. The minimum atomic E-state index is 0.211. The summed E-state index contributed by atoms with van der Waals surface area (Å²) in [5.74, 6) is 1.17. The molecule has 0 fully saturated rings. The van der Waals surface area contributed by atoms with E-state index in [-0.39, 0.29) is 5.92 Å². The molecule has 0 saturated heterocycles. The van der Waals surface area contributed by atoms with Crippen LogP contribution in [0.4, 0.5) is 0 Å². The number of hydrogen-bond donors (Lipinski definition) is 0. The van der Waals surface area contributed by atoms with Gasteiger partial charge in [-0.3, -0.25) is 0 Å². The molecule has 64 heavy (non-hydrogen) atoms. The molecular weight excluding hydrogens is 779 g/mol. The third kappa shape index (κ3) is 5.17. The molecule has 300 valence electrons. The number of aromatic nitrogens is 3. The lowest BCUT2D eigenvalue weighted by molar-refractivity contribution is 0.591. The van der Waals surface area contributed by atoms with Gasteiger partial charge in [0.15, 0.2) is 0 Å². The van der Waals surface area contributed by atoms with E-state index in [4.69, 9.17) is 4.42 Å². The lowest BCUT2D eigenvalue weighted by Gasteiger charge is -2.18. The maximum atomic E-state index is 6.50. The minimum absolute atomic E-state index is 0.211. The van der Waals surface area contributed by atoms with E-state index in [0.717, 1.165) is 34.8 Å². The molecule has 4 nitrogen and oxygen atoms in total. The molecule has 0 N–H and O–H groups in total. The van der Waals surface area contributed by atoms with Crippen LogP contribution in [0, 0.1) is 0 Å². The predicted octanol–water partition coefficient (Wildman–Crippen LogP) is 15.7. The second-order valence-electron chi connectivity index (χ2n) is 17.3. The first kappa shape index (κ1) is 35.3. The Morgan fingerprint density at radius 1 is 0.359 bits per heavy atom. The number of rotatable bonds is 5. The van der Waals surface area contributed by atoms with Crippen LogP contribution in [-0.4, -0.2) is 13.7 Å². The Labute approximate surface area is 368 Å². The van der Waals surface area contributed by atoms with Gasteiger partial charge in [-0.2, -0.15) is 0 Å². The van der Waals surface area contributed by atoms with Crippen LogP contribution in [0.5, 0.6) is 0 Å². The normalized spacial score (nSPS) is 14.0. The summed E-state index contributed by atoms with van der Waals surface area (Å²) in [5, 5.41) is 8.70. The van der Waals surface area contributed by atoms with Gasteiger partial charge >= 0.3 is 0 Å². The van der Waals surface area contributed by atoms with Gasteiger partial charge in [-0.25, -0.2) is 0 Å². The summed E-state index contributed by atoms with van der Waals surface area (Å²) in [6, 6.07) is 75.4. The van der Waals surface area contributed by atoms with Crippen LogP contribution in [0.3, 0.4) is 0 Å². The Morgan fingerprint density at radius 2 is 0.859 bits per heavy atom. The Hall–Kier alpha value is -8.34. The fourth-order valence-corrected chi connectivity index (χ4v) is 10.9. The zero-order valence-corrected chi connectivity index (χ0v) is 34.8. The summed E-state index contributed by atoms with van der Waals surface area (Å²) in [7, 11) is 0. The average molecular weight is 818 g/mol. The Kier molecular flexibility index (Phi) is 7.48. The van der Waals surface area contributed by atoms with Gasteiger partial charge in [-0.1, -0.05) is 127 Å².